The van der Waals surface area contributed by atoms with Gasteiger partial charge in [-0.15, -0.1) is 0 Å². The third kappa shape index (κ3) is 4.70. The van der Waals surface area contributed by atoms with Crippen molar-refractivity contribution in [3.63, 3.8) is 0 Å². The van der Waals surface area contributed by atoms with Crippen LogP contribution < -0.4 is 9.47 Å². The molecule has 0 unspecified atom stereocenters. The van der Waals surface area contributed by atoms with Crippen molar-refractivity contribution in [1.29, 1.82) is 0 Å². The van der Waals surface area contributed by atoms with Crippen LogP contribution in [0.4, 0.5) is 0 Å². The van der Waals surface area contributed by atoms with Crippen molar-refractivity contribution in [2.45, 2.75) is 18.9 Å². The molecule has 170 valence electrons. The largest absolute Gasteiger partial charge is 0.497 e. The van der Waals surface area contributed by atoms with Crippen molar-refractivity contribution in [2.75, 3.05) is 53.5 Å². The van der Waals surface area contributed by atoms with Crippen LogP contribution in [0.15, 0.2) is 42.6 Å². The number of methoxy groups -OCH3 is 2. The molecule has 8 heteroatoms. The summed E-state index contributed by atoms with van der Waals surface area (Å²) in [7, 11) is 3.29. The van der Waals surface area contributed by atoms with Gasteiger partial charge in [0.15, 0.2) is 0 Å². The smallest absolute Gasteiger partial charge is 0.272 e. The zero-order valence-electron chi connectivity index (χ0n) is 18.7. The standard InChI is InChI=1S/C24H30N4O4/c1-31-18-8-9-22(32-2)19(16-18)21-7-5-11-28(21)23(29)17-26-12-14-27(15-13-26)24(30)20-6-3-4-10-25-20/h3-4,6,8-10,16,21H,5,7,11-15,17H2,1-2H3/t21-/m0/s1. The highest BCUT2D eigenvalue weighted by Crippen LogP contribution is 2.39. The second-order valence-electron chi connectivity index (χ2n) is 8.14. The first-order valence-corrected chi connectivity index (χ1v) is 11.0. The number of benzene rings is 1. The molecule has 2 aliphatic rings. The van der Waals surface area contributed by atoms with E-state index in [1.807, 2.05) is 34.1 Å². The van der Waals surface area contributed by atoms with E-state index in [9.17, 15) is 9.59 Å². The number of nitrogens with zero attached hydrogens (tertiary/aromatic N) is 4. The molecule has 0 bridgehead atoms. The number of hydrogen-bond donors (Lipinski definition) is 0. The normalized spacial score (nSPS) is 19.1. The Bertz CT molecular complexity index is 944. The number of aromatic nitrogens is 1. The SMILES string of the molecule is COc1ccc(OC)c([C@@H]2CCCN2C(=O)CN2CCN(C(=O)c3ccccn3)CC2)c1. The number of hydrogen-bond acceptors (Lipinski definition) is 6. The number of rotatable bonds is 6. The molecule has 2 saturated heterocycles. The molecule has 0 N–H and O–H groups in total. The van der Waals surface area contributed by atoms with Crippen LogP contribution in [-0.4, -0.2) is 85.0 Å². The lowest BCUT2D eigenvalue weighted by atomic mass is 10.0. The van der Waals surface area contributed by atoms with Gasteiger partial charge in [0.2, 0.25) is 5.91 Å². The fourth-order valence-electron chi connectivity index (χ4n) is 4.53. The molecule has 1 atom stereocenters. The molecule has 2 amide bonds. The average Bonchev–Trinajstić information content (AvgIpc) is 3.34. The van der Waals surface area contributed by atoms with E-state index in [-0.39, 0.29) is 17.9 Å². The number of pyridine rings is 1. The molecule has 8 nitrogen and oxygen atoms in total. The van der Waals surface area contributed by atoms with Crippen molar-refractivity contribution in [3.05, 3.63) is 53.9 Å². The van der Waals surface area contributed by atoms with Crippen LogP contribution in [0.5, 0.6) is 11.5 Å². The van der Waals surface area contributed by atoms with Gasteiger partial charge in [0, 0.05) is 44.5 Å². The number of carbonyl (C=O) groups is 2. The van der Waals surface area contributed by atoms with Crippen LogP contribution in [0.3, 0.4) is 0 Å². The summed E-state index contributed by atoms with van der Waals surface area (Å²) in [5.41, 5.74) is 1.45. The third-order valence-corrected chi connectivity index (χ3v) is 6.27. The van der Waals surface area contributed by atoms with Crippen LogP contribution in [0, 0.1) is 0 Å². The minimum Gasteiger partial charge on any atom is -0.497 e. The fraction of sp³-hybridized carbons (Fsp3) is 0.458. The molecule has 0 saturated carbocycles. The highest BCUT2D eigenvalue weighted by Gasteiger charge is 2.33. The van der Waals surface area contributed by atoms with Crippen LogP contribution >= 0.6 is 0 Å². The Morgan fingerprint density at radius 2 is 1.84 bits per heavy atom. The molecule has 2 aromatic rings. The molecule has 2 fully saturated rings. The molecule has 0 spiro atoms. The topological polar surface area (TPSA) is 75.2 Å². The maximum absolute atomic E-state index is 13.2. The van der Waals surface area contributed by atoms with Gasteiger partial charge in [-0.05, 0) is 43.2 Å². The monoisotopic (exact) mass is 438 g/mol. The molecule has 0 radical (unpaired) electrons. The molecular weight excluding hydrogens is 408 g/mol. The highest BCUT2D eigenvalue weighted by atomic mass is 16.5. The van der Waals surface area contributed by atoms with Gasteiger partial charge >= 0.3 is 0 Å². The average molecular weight is 439 g/mol. The third-order valence-electron chi connectivity index (χ3n) is 6.27. The van der Waals surface area contributed by atoms with E-state index in [1.165, 1.54) is 0 Å². The predicted octanol–water partition coefficient (Wildman–Crippen LogP) is 2.22. The Labute approximate surface area is 188 Å². The minimum absolute atomic E-state index is 0.0143. The first kappa shape index (κ1) is 22.1. The van der Waals surface area contributed by atoms with Gasteiger partial charge in [-0.1, -0.05) is 6.07 Å². The van der Waals surface area contributed by atoms with E-state index in [4.69, 9.17) is 9.47 Å². The van der Waals surface area contributed by atoms with Crippen molar-refractivity contribution in [1.82, 2.24) is 19.7 Å². The lowest BCUT2D eigenvalue weighted by Crippen LogP contribution is -2.51. The second kappa shape index (κ2) is 9.99. The molecule has 1 aromatic carbocycles. The summed E-state index contributed by atoms with van der Waals surface area (Å²) < 4.78 is 10.9. The highest BCUT2D eigenvalue weighted by molar-refractivity contribution is 5.92. The van der Waals surface area contributed by atoms with Crippen molar-refractivity contribution >= 4 is 11.8 Å². The van der Waals surface area contributed by atoms with E-state index >= 15 is 0 Å². The van der Waals surface area contributed by atoms with E-state index in [0.29, 0.717) is 38.4 Å². The molecule has 32 heavy (non-hydrogen) atoms. The zero-order valence-corrected chi connectivity index (χ0v) is 18.7. The summed E-state index contributed by atoms with van der Waals surface area (Å²) in [5, 5.41) is 0. The van der Waals surface area contributed by atoms with Gasteiger partial charge in [0.25, 0.3) is 5.91 Å². The Morgan fingerprint density at radius 1 is 1.03 bits per heavy atom. The lowest BCUT2D eigenvalue weighted by Gasteiger charge is -2.35. The van der Waals surface area contributed by atoms with Gasteiger partial charge in [0.1, 0.15) is 17.2 Å². The summed E-state index contributed by atoms with van der Waals surface area (Å²) >= 11 is 0. The van der Waals surface area contributed by atoms with Crippen LogP contribution in [0.1, 0.15) is 34.9 Å². The van der Waals surface area contributed by atoms with E-state index < -0.39 is 0 Å². The Hall–Kier alpha value is -3.13. The summed E-state index contributed by atoms with van der Waals surface area (Å²) in [4.78, 5) is 35.9. The fourth-order valence-corrected chi connectivity index (χ4v) is 4.53. The van der Waals surface area contributed by atoms with E-state index in [0.717, 1.165) is 36.4 Å². The molecular formula is C24H30N4O4. The maximum atomic E-state index is 13.2. The Morgan fingerprint density at radius 3 is 2.53 bits per heavy atom. The number of carbonyl (C=O) groups excluding carboxylic acids is 2. The van der Waals surface area contributed by atoms with E-state index in [2.05, 4.69) is 9.88 Å². The van der Waals surface area contributed by atoms with Gasteiger partial charge < -0.3 is 19.3 Å². The first-order chi connectivity index (χ1) is 15.6. The number of ether oxygens (including phenoxy) is 2. The molecule has 4 rings (SSSR count). The predicted molar refractivity (Wildman–Crippen MR) is 120 cm³/mol. The first-order valence-electron chi connectivity index (χ1n) is 11.0. The summed E-state index contributed by atoms with van der Waals surface area (Å²) in [6.07, 6.45) is 3.50. The Kier molecular flexibility index (Phi) is 6.90. The number of amides is 2. The lowest BCUT2D eigenvalue weighted by molar-refractivity contribution is -0.133. The molecule has 1 aromatic heterocycles. The molecule has 2 aliphatic heterocycles. The van der Waals surface area contributed by atoms with Gasteiger partial charge in [0.05, 0.1) is 26.8 Å². The summed E-state index contributed by atoms with van der Waals surface area (Å²) in [5.74, 6) is 1.59. The zero-order chi connectivity index (χ0) is 22.5. The van der Waals surface area contributed by atoms with Crippen LogP contribution in [-0.2, 0) is 4.79 Å². The van der Waals surface area contributed by atoms with Crippen LogP contribution in [0.2, 0.25) is 0 Å². The minimum atomic E-state index is -0.0543. The van der Waals surface area contributed by atoms with Crippen molar-refractivity contribution < 1.29 is 19.1 Å². The number of likely N-dealkylation sites (tertiary alicyclic amines) is 1. The Balaban J connectivity index is 1.37. The van der Waals surface area contributed by atoms with Crippen molar-refractivity contribution in [2.24, 2.45) is 0 Å². The molecule has 3 heterocycles. The summed E-state index contributed by atoms with van der Waals surface area (Å²) in [6, 6.07) is 11.1. The van der Waals surface area contributed by atoms with Gasteiger partial charge in [-0.25, -0.2) is 0 Å². The molecule has 0 aliphatic carbocycles. The van der Waals surface area contributed by atoms with Crippen LogP contribution in [0.25, 0.3) is 0 Å². The second-order valence-corrected chi connectivity index (χ2v) is 8.14. The summed E-state index contributed by atoms with van der Waals surface area (Å²) in [6.45, 7) is 3.62. The van der Waals surface area contributed by atoms with Crippen molar-refractivity contribution in [3.8, 4) is 11.5 Å². The number of piperazine rings is 1. The van der Waals surface area contributed by atoms with E-state index in [1.54, 1.807) is 32.5 Å². The van der Waals surface area contributed by atoms with Gasteiger partial charge in [-0.2, -0.15) is 0 Å². The maximum Gasteiger partial charge on any atom is 0.272 e. The quantitative estimate of drug-likeness (QED) is 0.689. The van der Waals surface area contributed by atoms with Gasteiger partial charge in [-0.3, -0.25) is 19.5 Å².